The van der Waals surface area contributed by atoms with Crippen LogP contribution in [0.5, 0.6) is 0 Å². The SMILES string of the molecule is O=C(O)CCCCCCCCC(C(=O)O)C1CO1. The van der Waals surface area contributed by atoms with Gasteiger partial charge in [0.25, 0.3) is 0 Å². The molecule has 0 amide bonds. The summed E-state index contributed by atoms with van der Waals surface area (Å²) in [5, 5.41) is 17.4. The summed E-state index contributed by atoms with van der Waals surface area (Å²) < 4.78 is 5.03. The van der Waals surface area contributed by atoms with Crippen molar-refractivity contribution in [1.29, 1.82) is 0 Å². The second-order valence-electron chi connectivity index (χ2n) is 4.87. The summed E-state index contributed by atoms with van der Waals surface area (Å²) in [6.45, 7) is 0.589. The van der Waals surface area contributed by atoms with Crippen molar-refractivity contribution in [3.63, 3.8) is 0 Å². The Morgan fingerprint density at radius 1 is 1.06 bits per heavy atom. The van der Waals surface area contributed by atoms with Gasteiger partial charge in [-0.2, -0.15) is 0 Å². The zero-order valence-electron chi connectivity index (χ0n) is 10.6. The van der Waals surface area contributed by atoms with E-state index in [0.717, 1.165) is 38.5 Å². The number of aliphatic carboxylic acids is 2. The average Bonchev–Trinajstić information content (AvgIpc) is 3.10. The van der Waals surface area contributed by atoms with Gasteiger partial charge in [0.15, 0.2) is 0 Å². The predicted octanol–water partition coefficient (Wildman–Crippen LogP) is 2.29. The Hall–Kier alpha value is -1.10. The van der Waals surface area contributed by atoms with Crippen LogP contribution < -0.4 is 0 Å². The molecule has 2 unspecified atom stereocenters. The molecule has 1 heterocycles. The van der Waals surface area contributed by atoms with Crippen molar-refractivity contribution in [2.24, 2.45) is 5.92 Å². The molecule has 5 heteroatoms. The Morgan fingerprint density at radius 2 is 1.61 bits per heavy atom. The van der Waals surface area contributed by atoms with Gasteiger partial charge in [-0.3, -0.25) is 9.59 Å². The molecule has 2 atom stereocenters. The van der Waals surface area contributed by atoms with E-state index in [2.05, 4.69) is 0 Å². The molecule has 0 spiro atoms. The zero-order chi connectivity index (χ0) is 13.4. The van der Waals surface area contributed by atoms with Gasteiger partial charge in [0.1, 0.15) is 0 Å². The molecule has 1 aliphatic heterocycles. The summed E-state index contributed by atoms with van der Waals surface area (Å²) in [6, 6.07) is 0. The molecule has 0 bridgehead atoms. The minimum atomic E-state index is -0.751. The van der Waals surface area contributed by atoms with Gasteiger partial charge in [-0.15, -0.1) is 0 Å². The van der Waals surface area contributed by atoms with Crippen molar-refractivity contribution in [1.82, 2.24) is 0 Å². The van der Waals surface area contributed by atoms with Crippen LogP contribution in [-0.4, -0.2) is 34.9 Å². The maximum Gasteiger partial charge on any atom is 0.309 e. The number of ether oxygens (including phenoxy) is 1. The van der Waals surface area contributed by atoms with Gasteiger partial charge in [0, 0.05) is 6.42 Å². The van der Waals surface area contributed by atoms with Crippen LogP contribution in [0.15, 0.2) is 0 Å². The maximum atomic E-state index is 10.9. The molecular formula is C13H22O5. The van der Waals surface area contributed by atoms with Crippen LogP contribution in [0.3, 0.4) is 0 Å². The fraction of sp³-hybridized carbons (Fsp3) is 0.846. The third kappa shape index (κ3) is 6.59. The van der Waals surface area contributed by atoms with Crippen molar-refractivity contribution in [3.8, 4) is 0 Å². The summed E-state index contributed by atoms with van der Waals surface area (Å²) >= 11 is 0. The first kappa shape index (κ1) is 15.0. The quantitative estimate of drug-likeness (QED) is 0.438. The number of epoxide rings is 1. The second-order valence-corrected chi connectivity index (χ2v) is 4.87. The minimum Gasteiger partial charge on any atom is -0.481 e. The highest BCUT2D eigenvalue weighted by atomic mass is 16.6. The monoisotopic (exact) mass is 258 g/mol. The maximum absolute atomic E-state index is 10.9. The van der Waals surface area contributed by atoms with E-state index in [0.29, 0.717) is 13.0 Å². The van der Waals surface area contributed by atoms with Gasteiger partial charge in [-0.1, -0.05) is 32.1 Å². The van der Waals surface area contributed by atoms with E-state index in [4.69, 9.17) is 14.9 Å². The Labute approximate surface area is 107 Å². The fourth-order valence-electron chi connectivity index (χ4n) is 2.10. The molecule has 0 aromatic heterocycles. The van der Waals surface area contributed by atoms with Crippen LogP contribution in [0.2, 0.25) is 0 Å². The molecule has 1 fully saturated rings. The lowest BCUT2D eigenvalue weighted by molar-refractivity contribution is -0.142. The molecule has 0 aromatic rings. The van der Waals surface area contributed by atoms with Crippen molar-refractivity contribution < 1.29 is 24.5 Å². The summed E-state index contributed by atoms with van der Waals surface area (Å²) in [7, 11) is 0. The van der Waals surface area contributed by atoms with E-state index in [1.165, 1.54) is 0 Å². The largest absolute Gasteiger partial charge is 0.481 e. The third-order valence-electron chi connectivity index (χ3n) is 3.28. The molecule has 0 radical (unpaired) electrons. The molecule has 1 aliphatic rings. The van der Waals surface area contributed by atoms with E-state index >= 15 is 0 Å². The lowest BCUT2D eigenvalue weighted by atomic mass is 9.97. The predicted molar refractivity (Wildman–Crippen MR) is 65.4 cm³/mol. The summed E-state index contributed by atoms with van der Waals surface area (Å²) in [4.78, 5) is 21.2. The van der Waals surface area contributed by atoms with Gasteiger partial charge < -0.3 is 14.9 Å². The third-order valence-corrected chi connectivity index (χ3v) is 3.28. The number of carboxylic acid groups (broad SMARTS) is 2. The smallest absolute Gasteiger partial charge is 0.309 e. The van der Waals surface area contributed by atoms with E-state index < -0.39 is 11.9 Å². The zero-order valence-corrected chi connectivity index (χ0v) is 10.6. The highest BCUT2D eigenvalue weighted by Gasteiger charge is 2.37. The van der Waals surface area contributed by atoms with E-state index in [9.17, 15) is 9.59 Å². The molecule has 5 nitrogen and oxygen atoms in total. The standard InChI is InChI=1S/C13H22O5/c14-12(15)8-6-4-2-1-3-5-7-10(13(16)17)11-9-18-11/h10-11H,1-9H2,(H,14,15)(H,16,17). The average molecular weight is 258 g/mol. The van der Waals surface area contributed by atoms with Gasteiger partial charge in [-0.05, 0) is 12.8 Å². The van der Waals surface area contributed by atoms with Crippen LogP contribution in [0.25, 0.3) is 0 Å². The van der Waals surface area contributed by atoms with Crippen LogP contribution in [0.1, 0.15) is 51.4 Å². The summed E-state index contributed by atoms with van der Waals surface area (Å²) in [6.07, 6.45) is 6.58. The Balaban J connectivity index is 1.91. The first-order valence-electron chi connectivity index (χ1n) is 6.67. The van der Waals surface area contributed by atoms with Crippen LogP contribution in [0, 0.1) is 5.92 Å². The minimum absolute atomic E-state index is 0.0573. The normalized spacial score (nSPS) is 19.4. The van der Waals surface area contributed by atoms with Crippen molar-refractivity contribution in [2.45, 2.75) is 57.5 Å². The molecule has 1 rings (SSSR count). The first-order valence-corrected chi connectivity index (χ1v) is 6.67. The van der Waals surface area contributed by atoms with Gasteiger partial charge >= 0.3 is 11.9 Å². The highest BCUT2D eigenvalue weighted by Crippen LogP contribution is 2.25. The number of carboxylic acids is 2. The second kappa shape index (κ2) is 8.08. The van der Waals surface area contributed by atoms with E-state index in [-0.39, 0.29) is 18.4 Å². The molecule has 18 heavy (non-hydrogen) atoms. The first-order chi connectivity index (χ1) is 8.61. The van der Waals surface area contributed by atoms with Crippen LogP contribution >= 0.6 is 0 Å². The Bertz CT molecular complexity index is 273. The topological polar surface area (TPSA) is 87.1 Å². The fourth-order valence-corrected chi connectivity index (χ4v) is 2.10. The summed E-state index contributed by atoms with van der Waals surface area (Å²) in [5.74, 6) is -1.82. The molecular weight excluding hydrogens is 236 g/mol. The Kier molecular flexibility index (Phi) is 6.72. The molecule has 104 valence electrons. The van der Waals surface area contributed by atoms with Gasteiger partial charge in [0.05, 0.1) is 18.6 Å². The molecule has 2 N–H and O–H groups in total. The number of rotatable bonds is 11. The van der Waals surface area contributed by atoms with Crippen molar-refractivity contribution in [2.75, 3.05) is 6.61 Å². The highest BCUT2D eigenvalue weighted by molar-refractivity contribution is 5.71. The van der Waals surface area contributed by atoms with Crippen LogP contribution in [0.4, 0.5) is 0 Å². The Morgan fingerprint density at radius 3 is 2.11 bits per heavy atom. The lowest BCUT2D eigenvalue weighted by Crippen LogP contribution is -2.19. The van der Waals surface area contributed by atoms with E-state index in [1.807, 2.05) is 0 Å². The molecule has 0 aliphatic carbocycles. The molecule has 0 saturated carbocycles. The summed E-state index contributed by atoms with van der Waals surface area (Å²) in [5.41, 5.74) is 0. The van der Waals surface area contributed by atoms with Gasteiger partial charge in [-0.25, -0.2) is 0 Å². The van der Waals surface area contributed by atoms with Crippen molar-refractivity contribution >= 4 is 11.9 Å². The van der Waals surface area contributed by atoms with Crippen LogP contribution in [-0.2, 0) is 14.3 Å². The van der Waals surface area contributed by atoms with Crippen molar-refractivity contribution in [3.05, 3.63) is 0 Å². The van der Waals surface area contributed by atoms with Gasteiger partial charge in [0.2, 0.25) is 0 Å². The molecule has 1 saturated heterocycles. The number of hydrogen-bond donors (Lipinski definition) is 2. The molecule has 0 aromatic carbocycles. The number of carbonyl (C=O) groups is 2. The number of unbranched alkanes of at least 4 members (excludes halogenated alkanes) is 5. The lowest BCUT2D eigenvalue weighted by Gasteiger charge is -2.08. The number of hydrogen-bond acceptors (Lipinski definition) is 3. The van der Waals surface area contributed by atoms with E-state index in [1.54, 1.807) is 0 Å².